The monoisotopic (exact) mass is 278 g/mol. The molecule has 0 N–H and O–H groups in total. The van der Waals surface area contributed by atoms with Crippen molar-refractivity contribution in [1.29, 1.82) is 5.26 Å². The molecule has 5 nitrogen and oxygen atoms in total. The van der Waals surface area contributed by atoms with Gasteiger partial charge in [0.05, 0.1) is 18.2 Å². The third-order valence-corrected chi connectivity index (χ3v) is 2.32. The van der Waals surface area contributed by atoms with Crippen molar-refractivity contribution in [3.8, 4) is 23.5 Å². The fourth-order valence-electron chi connectivity index (χ4n) is 1.44. The van der Waals surface area contributed by atoms with Crippen LogP contribution >= 0.6 is 11.6 Å². The predicted octanol–water partition coefficient (Wildman–Crippen LogP) is 2.60. The summed E-state index contributed by atoms with van der Waals surface area (Å²) in [5.41, 5.74) is 0.506. The molecule has 0 unspecified atom stereocenters. The number of halogens is 2. The average molecular weight is 279 g/mol. The number of nitriles is 1. The van der Waals surface area contributed by atoms with Gasteiger partial charge in [0.15, 0.2) is 5.82 Å². The van der Waals surface area contributed by atoms with Crippen molar-refractivity contribution in [3.63, 3.8) is 0 Å². The molecule has 19 heavy (non-hydrogen) atoms. The van der Waals surface area contributed by atoms with Crippen LogP contribution in [-0.2, 0) is 0 Å². The van der Waals surface area contributed by atoms with Crippen LogP contribution in [-0.4, -0.2) is 21.6 Å². The molecule has 0 amide bonds. The van der Waals surface area contributed by atoms with Crippen LogP contribution in [0, 0.1) is 17.1 Å². The summed E-state index contributed by atoms with van der Waals surface area (Å²) in [7, 11) is 0. The fraction of sp³-hybridized carbons (Fsp3) is 0.167. The number of aromatic nitrogens is 3. The minimum atomic E-state index is -0.552. The maximum absolute atomic E-state index is 13.4. The van der Waals surface area contributed by atoms with Crippen molar-refractivity contribution in [2.45, 2.75) is 6.92 Å². The van der Waals surface area contributed by atoms with E-state index in [9.17, 15) is 4.39 Å². The smallest absolute Gasteiger partial charge is 0.321 e. The zero-order valence-electron chi connectivity index (χ0n) is 9.89. The van der Waals surface area contributed by atoms with Gasteiger partial charge in [-0.3, -0.25) is 0 Å². The number of benzene rings is 1. The Balaban J connectivity index is 2.52. The Bertz CT molecular complexity index is 657. The van der Waals surface area contributed by atoms with Gasteiger partial charge in [-0.2, -0.15) is 20.2 Å². The Morgan fingerprint density at radius 3 is 2.79 bits per heavy atom. The van der Waals surface area contributed by atoms with E-state index in [-0.39, 0.29) is 22.7 Å². The molecule has 1 aromatic carbocycles. The molecule has 0 aliphatic heterocycles. The molecule has 1 aromatic heterocycles. The predicted molar refractivity (Wildman–Crippen MR) is 66.1 cm³/mol. The van der Waals surface area contributed by atoms with Crippen LogP contribution in [0.25, 0.3) is 11.4 Å². The van der Waals surface area contributed by atoms with E-state index in [0.29, 0.717) is 12.2 Å². The highest BCUT2D eigenvalue weighted by Crippen LogP contribution is 2.21. The first-order valence-corrected chi connectivity index (χ1v) is 5.75. The highest BCUT2D eigenvalue weighted by atomic mass is 35.5. The van der Waals surface area contributed by atoms with Gasteiger partial charge in [0.1, 0.15) is 5.82 Å². The fourth-order valence-corrected chi connectivity index (χ4v) is 1.59. The van der Waals surface area contributed by atoms with Gasteiger partial charge in [-0.05, 0) is 36.7 Å². The van der Waals surface area contributed by atoms with E-state index in [1.165, 1.54) is 12.1 Å². The second-order valence-electron chi connectivity index (χ2n) is 3.48. The van der Waals surface area contributed by atoms with Crippen LogP contribution in [0.3, 0.4) is 0 Å². The first kappa shape index (κ1) is 13.2. The molecule has 96 valence electrons. The molecule has 0 aliphatic carbocycles. The second-order valence-corrected chi connectivity index (χ2v) is 3.82. The van der Waals surface area contributed by atoms with Crippen molar-refractivity contribution >= 4 is 11.6 Å². The standard InChI is InChI=1S/C12H8ClFN4O/c1-2-19-12-17-10(16-11(13)18-12)8-3-7(6-15)4-9(14)5-8/h3-5H,2H2,1H3. The molecule has 0 aliphatic rings. The average Bonchev–Trinajstić information content (AvgIpc) is 2.37. The largest absolute Gasteiger partial charge is 0.464 e. The van der Waals surface area contributed by atoms with E-state index in [1.54, 1.807) is 6.92 Å². The van der Waals surface area contributed by atoms with Crippen molar-refractivity contribution in [2.75, 3.05) is 6.61 Å². The lowest BCUT2D eigenvalue weighted by molar-refractivity contribution is 0.312. The molecule has 0 fully saturated rings. The minimum absolute atomic E-state index is 0.0558. The van der Waals surface area contributed by atoms with Crippen LogP contribution in [0.4, 0.5) is 4.39 Å². The maximum atomic E-state index is 13.4. The van der Waals surface area contributed by atoms with Gasteiger partial charge in [-0.1, -0.05) is 0 Å². The summed E-state index contributed by atoms with van der Waals surface area (Å²) in [6.45, 7) is 2.14. The van der Waals surface area contributed by atoms with E-state index in [1.807, 2.05) is 6.07 Å². The van der Waals surface area contributed by atoms with Crippen molar-refractivity contribution in [1.82, 2.24) is 15.0 Å². The quantitative estimate of drug-likeness (QED) is 0.863. The Hall–Kier alpha value is -2.26. The Morgan fingerprint density at radius 1 is 1.32 bits per heavy atom. The Kier molecular flexibility index (Phi) is 3.88. The SMILES string of the molecule is CCOc1nc(Cl)nc(-c2cc(F)cc(C#N)c2)n1. The van der Waals surface area contributed by atoms with Gasteiger partial charge in [0, 0.05) is 5.56 Å². The first-order valence-electron chi connectivity index (χ1n) is 5.38. The van der Waals surface area contributed by atoms with E-state index in [2.05, 4.69) is 15.0 Å². The molecule has 0 saturated carbocycles. The molecule has 0 radical (unpaired) electrons. The number of rotatable bonds is 3. The van der Waals surface area contributed by atoms with E-state index < -0.39 is 5.82 Å². The second kappa shape index (κ2) is 5.59. The Labute approximate surface area is 113 Å². The van der Waals surface area contributed by atoms with Crippen LogP contribution in [0.2, 0.25) is 5.28 Å². The van der Waals surface area contributed by atoms with Crippen molar-refractivity contribution in [2.24, 2.45) is 0 Å². The number of hydrogen-bond donors (Lipinski definition) is 0. The molecule has 2 aromatic rings. The normalized spacial score (nSPS) is 10.0. The molecule has 0 spiro atoms. The summed E-state index contributed by atoms with van der Waals surface area (Å²) in [6.07, 6.45) is 0. The van der Waals surface area contributed by atoms with Gasteiger partial charge in [-0.25, -0.2) is 4.39 Å². The molecule has 2 rings (SSSR count). The summed E-state index contributed by atoms with van der Waals surface area (Å²) in [6, 6.07) is 5.71. The number of hydrogen-bond acceptors (Lipinski definition) is 5. The van der Waals surface area contributed by atoms with E-state index in [0.717, 1.165) is 6.07 Å². The molecule has 7 heteroatoms. The lowest BCUT2D eigenvalue weighted by Gasteiger charge is -2.05. The summed E-state index contributed by atoms with van der Waals surface area (Å²) in [5.74, 6) is -0.400. The minimum Gasteiger partial charge on any atom is -0.464 e. The molecule has 0 atom stereocenters. The van der Waals surface area contributed by atoms with Crippen LogP contribution in [0.1, 0.15) is 12.5 Å². The zero-order chi connectivity index (χ0) is 13.8. The van der Waals surface area contributed by atoms with Crippen molar-refractivity contribution in [3.05, 3.63) is 34.9 Å². The number of ether oxygens (including phenoxy) is 1. The summed E-state index contributed by atoms with van der Waals surface area (Å²) >= 11 is 5.75. The molecular formula is C12H8ClFN4O. The summed E-state index contributed by atoms with van der Waals surface area (Å²) < 4.78 is 18.5. The molecule has 1 heterocycles. The third kappa shape index (κ3) is 3.14. The Morgan fingerprint density at radius 2 is 2.11 bits per heavy atom. The van der Waals surface area contributed by atoms with E-state index in [4.69, 9.17) is 21.6 Å². The number of nitrogens with zero attached hydrogens (tertiary/aromatic N) is 4. The topological polar surface area (TPSA) is 71.7 Å². The van der Waals surface area contributed by atoms with Gasteiger partial charge >= 0.3 is 6.01 Å². The van der Waals surface area contributed by atoms with Crippen LogP contribution in [0.15, 0.2) is 18.2 Å². The molecule has 0 saturated heterocycles. The van der Waals surface area contributed by atoms with Crippen LogP contribution < -0.4 is 4.74 Å². The highest BCUT2D eigenvalue weighted by Gasteiger charge is 2.10. The molecular weight excluding hydrogens is 271 g/mol. The lowest BCUT2D eigenvalue weighted by atomic mass is 10.1. The lowest BCUT2D eigenvalue weighted by Crippen LogP contribution is -2.01. The highest BCUT2D eigenvalue weighted by molar-refractivity contribution is 6.28. The molecule has 0 bridgehead atoms. The van der Waals surface area contributed by atoms with Gasteiger partial charge < -0.3 is 4.74 Å². The first-order chi connectivity index (χ1) is 9.12. The van der Waals surface area contributed by atoms with Gasteiger partial charge in [-0.15, -0.1) is 0 Å². The maximum Gasteiger partial charge on any atom is 0.321 e. The van der Waals surface area contributed by atoms with E-state index >= 15 is 0 Å². The zero-order valence-corrected chi connectivity index (χ0v) is 10.6. The summed E-state index contributed by atoms with van der Waals surface area (Å²) in [4.78, 5) is 11.7. The van der Waals surface area contributed by atoms with Crippen LogP contribution in [0.5, 0.6) is 6.01 Å². The summed E-state index contributed by atoms with van der Waals surface area (Å²) in [5, 5.41) is 8.75. The van der Waals surface area contributed by atoms with Gasteiger partial charge in [0.25, 0.3) is 0 Å². The third-order valence-electron chi connectivity index (χ3n) is 2.15. The van der Waals surface area contributed by atoms with Gasteiger partial charge in [0.2, 0.25) is 5.28 Å². The van der Waals surface area contributed by atoms with Crippen molar-refractivity contribution < 1.29 is 9.13 Å².